The van der Waals surface area contributed by atoms with E-state index in [0.717, 1.165) is 0 Å². The molecule has 0 aliphatic carbocycles. The zero-order chi connectivity index (χ0) is 18.4. The number of carbonyl (C=O) groups excluding carboxylic acids is 1. The van der Waals surface area contributed by atoms with Gasteiger partial charge in [-0.2, -0.15) is 0 Å². The molecule has 0 fully saturated rings. The molecular formula is C18H22N2O4S. The molecule has 0 aliphatic heterocycles. The maximum Gasteiger partial charge on any atom is 0.261 e. The summed E-state index contributed by atoms with van der Waals surface area (Å²) in [6.45, 7) is 4.48. The zero-order valence-electron chi connectivity index (χ0n) is 14.4. The number of methoxy groups -OCH3 is 1. The van der Waals surface area contributed by atoms with Crippen molar-refractivity contribution in [2.45, 2.75) is 18.7 Å². The first-order chi connectivity index (χ1) is 11.8. The lowest BCUT2D eigenvalue weighted by Crippen LogP contribution is -2.28. The third-order valence-corrected chi connectivity index (χ3v) is 4.84. The molecule has 134 valence electrons. The highest BCUT2D eigenvalue weighted by Crippen LogP contribution is 2.21. The summed E-state index contributed by atoms with van der Waals surface area (Å²) >= 11 is 0. The Kier molecular flexibility index (Phi) is 6.03. The molecule has 0 atom stereocenters. The second kappa shape index (κ2) is 8.02. The van der Waals surface area contributed by atoms with Gasteiger partial charge in [0.25, 0.3) is 15.9 Å². The minimum atomic E-state index is -3.81. The van der Waals surface area contributed by atoms with Crippen LogP contribution >= 0.6 is 0 Å². The van der Waals surface area contributed by atoms with Gasteiger partial charge in [0.1, 0.15) is 5.75 Å². The predicted octanol–water partition coefficient (Wildman–Crippen LogP) is 2.88. The topological polar surface area (TPSA) is 84.5 Å². The van der Waals surface area contributed by atoms with Gasteiger partial charge in [-0.25, -0.2) is 8.42 Å². The number of nitrogens with one attached hydrogen (secondary N) is 2. The van der Waals surface area contributed by atoms with Gasteiger partial charge in [-0.05, 0) is 42.3 Å². The Bertz CT molecular complexity index is 830. The van der Waals surface area contributed by atoms with E-state index < -0.39 is 10.0 Å². The van der Waals surface area contributed by atoms with Crippen LogP contribution in [0.15, 0.2) is 53.4 Å². The SMILES string of the molecule is COc1ccc(S(=O)(=O)Nc2ccccc2C(=O)NCC(C)C)cc1. The van der Waals surface area contributed by atoms with Gasteiger partial charge in [0.05, 0.1) is 23.3 Å². The fourth-order valence-electron chi connectivity index (χ4n) is 2.12. The highest BCUT2D eigenvalue weighted by atomic mass is 32.2. The molecule has 0 aromatic heterocycles. The van der Waals surface area contributed by atoms with Crippen LogP contribution in [-0.4, -0.2) is 28.0 Å². The van der Waals surface area contributed by atoms with Crippen molar-refractivity contribution >= 4 is 21.6 Å². The van der Waals surface area contributed by atoms with Crippen molar-refractivity contribution in [2.24, 2.45) is 5.92 Å². The second-order valence-electron chi connectivity index (χ2n) is 5.93. The van der Waals surface area contributed by atoms with E-state index in [9.17, 15) is 13.2 Å². The molecule has 6 nitrogen and oxygen atoms in total. The summed E-state index contributed by atoms with van der Waals surface area (Å²) in [7, 11) is -2.30. The zero-order valence-corrected chi connectivity index (χ0v) is 15.3. The fourth-order valence-corrected chi connectivity index (χ4v) is 3.20. The van der Waals surface area contributed by atoms with Gasteiger partial charge in [-0.1, -0.05) is 26.0 Å². The number of rotatable bonds is 7. The van der Waals surface area contributed by atoms with E-state index in [1.165, 1.54) is 19.2 Å². The van der Waals surface area contributed by atoms with E-state index in [0.29, 0.717) is 18.2 Å². The van der Waals surface area contributed by atoms with Gasteiger partial charge < -0.3 is 10.1 Å². The van der Waals surface area contributed by atoms with Gasteiger partial charge >= 0.3 is 0 Å². The average molecular weight is 362 g/mol. The number of hydrogen-bond donors (Lipinski definition) is 2. The molecule has 0 saturated carbocycles. The van der Waals surface area contributed by atoms with Crippen LogP contribution in [-0.2, 0) is 10.0 Å². The van der Waals surface area contributed by atoms with Gasteiger partial charge in [0.15, 0.2) is 0 Å². The van der Waals surface area contributed by atoms with Crippen molar-refractivity contribution in [1.29, 1.82) is 0 Å². The van der Waals surface area contributed by atoms with Crippen LogP contribution in [0, 0.1) is 5.92 Å². The van der Waals surface area contributed by atoms with Crippen LogP contribution in [0.2, 0.25) is 0 Å². The van der Waals surface area contributed by atoms with Gasteiger partial charge in [-0.15, -0.1) is 0 Å². The lowest BCUT2D eigenvalue weighted by atomic mass is 10.1. The van der Waals surface area contributed by atoms with Crippen LogP contribution in [0.5, 0.6) is 5.75 Å². The molecule has 0 saturated heterocycles. The molecule has 2 rings (SSSR count). The molecule has 0 spiro atoms. The molecule has 0 unspecified atom stereocenters. The number of sulfonamides is 1. The quantitative estimate of drug-likeness (QED) is 0.793. The van der Waals surface area contributed by atoms with Gasteiger partial charge in [0.2, 0.25) is 0 Å². The molecule has 0 radical (unpaired) electrons. The second-order valence-corrected chi connectivity index (χ2v) is 7.61. The molecule has 2 aromatic rings. The molecule has 25 heavy (non-hydrogen) atoms. The van der Waals surface area contributed by atoms with Crippen LogP contribution in [0.3, 0.4) is 0 Å². The number of ether oxygens (including phenoxy) is 1. The van der Waals surface area contributed by atoms with Crippen LogP contribution in [0.1, 0.15) is 24.2 Å². The summed E-state index contributed by atoms with van der Waals surface area (Å²) in [5, 5.41) is 2.79. The number of benzene rings is 2. The molecule has 0 bridgehead atoms. The number of hydrogen-bond acceptors (Lipinski definition) is 4. The van der Waals surface area contributed by atoms with E-state index in [4.69, 9.17) is 4.74 Å². The summed E-state index contributed by atoms with van der Waals surface area (Å²) in [5.41, 5.74) is 0.514. The molecule has 0 aliphatic rings. The van der Waals surface area contributed by atoms with E-state index in [-0.39, 0.29) is 22.1 Å². The lowest BCUT2D eigenvalue weighted by Gasteiger charge is -2.13. The standard InChI is InChI=1S/C18H22N2O4S/c1-13(2)12-19-18(21)16-6-4-5-7-17(16)20-25(22,23)15-10-8-14(24-3)9-11-15/h4-11,13,20H,12H2,1-3H3,(H,19,21). The van der Waals surface area contributed by atoms with Crippen LogP contribution in [0.25, 0.3) is 0 Å². The van der Waals surface area contributed by atoms with E-state index in [2.05, 4.69) is 10.0 Å². The highest BCUT2D eigenvalue weighted by Gasteiger charge is 2.18. The first-order valence-electron chi connectivity index (χ1n) is 7.87. The molecular weight excluding hydrogens is 340 g/mol. The van der Waals surface area contributed by atoms with Crippen LogP contribution in [0.4, 0.5) is 5.69 Å². The maximum atomic E-state index is 12.6. The monoisotopic (exact) mass is 362 g/mol. The minimum Gasteiger partial charge on any atom is -0.497 e. The molecule has 1 amide bonds. The van der Waals surface area contributed by atoms with E-state index in [1.807, 2.05) is 13.8 Å². The van der Waals surface area contributed by atoms with Crippen molar-refractivity contribution in [3.63, 3.8) is 0 Å². The highest BCUT2D eigenvalue weighted by molar-refractivity contribution is 7.92. The Morgan fingerprint density at radius 1 is 1.08 bits per heavy atom. The normalized spacial score (nSPS) is 11.2. The summed E-state index contributed by atoms with van der Waals surface area (Å²) in [4.78, 5) is 12.4. The Morgan fingerprint density at radius 3 is 2.32 bits per heavy atom. The minimum absolute atomic E-state index is 0.0886. The maximum absolute atomic E-state index is 12.6. The Labute approximate surface area is 148 Å². The fraction of sp³-hybridized carbons (Fsp3) is 0.278. The smallest absolute Gasteiger partial charge is 0.261 e. The van der Waals surface area contributed by atoms with Crippen molar-refractivity contribution in [1.82, 2.24) is 5.32 Å². The number of para-hydroxylation sites is 1. The van der Waals surface area contributed by atoms with Crippen molar-refractivity contribution < 1.29 is 17.9 Å². The van der Waals surface area contributed by atoms with E-state index in [1.54, 1.807) is 36.4 Å². The lowest BCUT2D eigenvalue weighted by molar-refractivity contribution is 0.0950. The van der Waals surface area contributed by atoms with Crippen molar-refractivity contribution in [3.05, 3.63) is 54.1 Å². The Balaban J connectivity index is 2.25. The summed E-state index contributed by atoms with van der Waals surface area (Å²) in [5.74, 6) is 0.543. The molecule has 2 N–H and O–H groups in total. The van der Waals surface area contributed by atoms with Gasteiger partial charge in [0, 0.05) is 6.54 Å². The third kappa shape index (κ3) is 4.96. The first-order valence-corrected chi connectivity index (χ1v) is 9.36. The number of anilines is 1. The number of amides is 1. The summed E-state index contributed by atoms with van der Waals surface area (Å²) in [6.07, 6.45) is 0. The van der Waals surface area contributed by atoms with Gasteiger partial charge in [-0.3, -0.25) is 9.52 Å². The number of carbonyl (C=O) groups is 1. The summed E-state index contributed by atoms with van der Waals surface area (Å²) in [6, 6.07) is 12.5. The molecule has 2 aromatic carbocycles. The third-order valence-electron chi connectivity index (χ3n) is 3.46. The summed E-state index contributed by atoms with van der Waals surface area (Å²) < 4.78 is 32.6. The first kappa shape index (κ1) is 18.8. The molecule has 7 heteroatoms. The van der Waals surface area contributed by atoms with Crippen molar-refractivity contribution in [3.8, 4) is 5.75 Å². The largest absolute Gasteiger partial charge is 0.497 e. The Morgan fingerprint density at radius 2 is 1.72 bits per heavy atom. The average Bonchev–Trinajstić information content (AvgIpc) is 2.60. The van der Waals surface area contributed by atoms with Crippen molar-refractivity contribution in [2.75, 3.05) is 18.4 Å². The predicted molar refractivity (Wildman–Crippen MR) is 97.4 cm³/mol. The molecule has 0 heterocycles. The van der Waals surface area contributed by atoms with E-state index >= 15 is 0 Å². The van der Waals surface area contributed by atoms with Crippen LogP contribution < -0.4 is 14.8 Å². The Hall–Kier alpha value is -2.54.